The van der Waals surface area contributed by atoms with Gasteiger partial charge in [0.1, 0.15) is 9.77 Å². The van der Waals surface area contributed by atoms with E-state index >= 15 is 0 Å². The number of nitrogens with zero attached hydrogens (tertiary/aromatic N) is 2. The maximum Gasteiger partial charge on any atom is 0.349 e. The quantitative estimate of drug-likeness (QED) is 0.604. The molecule has 0 bridgehead atoms. The van der Waals surface area contributed by atoms with Crippen LogP contribution in [-0.2, 0) is 14.8 Å². The fourth-order valence-electron chi connectivity index (χ4n) is 3.73. The van der Waals surface area contributed by atoms with Crippen LogP contribution in [-0.4, -0.2) is 48.4 Å². The molecule has 158 valence electrons. The van der Waals surface area contributed by atoms with E-state index < -0.39 is 27.7 Å². The molecule has 0 radical (unpaired) electrons. The van der Waals surface area contributed by atoms with Crippen molar-refractivity contribution in [3.05, 3.63) is 61.4 Å². The molecule has 1 N–H and O–H groups in total. The van der Waals surface area contributed by atoms with Gasteiger partial charge in [0.2, 0.25) is 10.0 Å². The van der Waals surface area contributed by atoms with Crippen LogP contribution in [0.1, 0.15) is 28.6 Å². The highest BCUT2D eigenvalue weighted by atomic mass is 32.2. The molecule has 4 rings (SSSR count). The molecule has 0 amide bonds. The molecule has 1 aliphatic rings. The lowest BCUT2D eigenvalue weighted by Crippen LogP contribution is -2.45. The van der Waals surface area contributed by atoms with Crippen molar-refractivity contribution >= 4 is 38.2 Å². The zero-order chi connectivity index (χ0) is 21.5. The topological polar surface area (TPSA) is 119 Å². The highest BCUT2D eigenvalue weighted by molar-refractivity contribution is 7.89. The summed E-state index contributed by atoms with van der Waals surface area (Å²) in [7, 11) is -2.70. The molecule has 0 saturated carbocycles. The number of piperidine rings is 1. The number of carbonyl (C=O) groups is 1. The Morgan fingerprint density at radius 1 is 1.17 bits per heavy atom. The van der Waals surface area contributed by atoms with Crippen LogP contribution in [0.3, 0.4) is 0 Å². The Balaban J connectivity index is 1.60. The number of esters is 1. The molecule has 3 heterocycles. The maximum absolute atomic E-state index is 13.0. The lowest BCUT2D eigenvalue weighted by Gasteiger charge is -2.31. The summed E-state index contributed by atoms with van der Waals surface area (Å²) < 4.78 is 33.2. The number of fused-ring (bicyclic) bond motifs is 1. The van der Waals surface area contributed by atoms with Crippen LogP contribution in [0, 0.1) is 0 Å². The van der Waals surface area contributed by atoms with E-state index in [1.165, 1.54) is 27.4 Å². The molecule has 1 aliphatic heterocycles. The summed E-state index contributed by atoms with van der Waals surface area (Å²) in [6.07, 6.45) is 0.608. The highest BCUT2D eigenvalue weighted by Crippen LogP contribution is 2.30. The number of methoxy groups -OCH3 is 1. The summed E-state index contributed by atoms with van der Waals surface area (Å²) in [5, 5.41) is 1.94. The number of hydrogen-bond donors (Lipinski definition) is 1. The van der Waals surface area contributed by atoms with E-state index in [0.717, 1.165) is 11.3 Å². The van der Waals surface area contributed by atoms with Crippen LogP contribution in [0.25, 0.3) is 10.9 Å². The average Bonchev–Trinajstić information content (AvgIpc) is 3.24. The highest BCUT2D eigenvalue weighted by Gasteiger charge is 2.34. The van der Waals surface area contributed by atoms with Gasteiger partial charge in [0, 0.05) is 19.1 Å². The van der Waals surface area contributed by atoms with Crippen molar-refractivity contribution in [1.82, 2.24) is 13.9 Å². The fraction of sp³-hybridized carbons (Fsp3) is 0.316. The van der Waals surface area contributed by atoms with Crippen molar-refractivity contribution in [3.8, 4) is 0 Å². The summed E-state index contributed by atoms with van der Waals surface area (Å²) in [4.78, 5) is 39.9. The molecule has 3 aromatic rings. The number of carbonyl (C=O) groups excluding carboxylic acids is 1. The zero-order valence-electron chi connectivity index (χ0n) is 16.0. The summed E-state index contributed by atoms with van der Waals surface area (Å²) in [5.74, 6) is -0.701. The molecule has 0 spiro atoms. The number of sulfonamides is 1. The molecule has 9 nitrogen and oxygen atoms in total. The first-order chi connectivity index (χ1) is 14.3. The van der Waals surface area contributed by atoms with Crippen molar-refractivity contribution in [2.45, 2.75) is 23.8 Å². The first-order valence-corrected chi connectivity index (χ1v) is 11.6. The van der Waals surface area contributed by atoms with Crippen LogP contribution in [0.2, 0.25) is 0 Å². The van der Waals surface area contributed by atoms with Crippen molar-refractivity contribution in [3.63, 3.8) is 0 Å². The molecule has 0 atom stereocenters. The van der Waals surface area contributed by atoms with E-state index in [9.17, 15) is 22.8 Å². The predicted molar refractivity (Wildman–Crippen MR) is 112 cm³/mol. The van der Waals surface area contributed by atoms with Gasteiger partial charge in [0.15, 0.2) is 0 Å². The first kappa shape index (κ1) is 20.5. The number of H-pyrrole nitrogens is 1. The summed E-state index contributed by atoms with van der Waals surface area (Å²) in [6.45, 7) is 0.254. The molecule has 1 aromatic carbocycles. The number of para-hydroxylation sites is 1. The Labute approximate surface area is 175 Å². The number of ether oxygens (including phenoxy) is 1. The Morgan fingerprint density at radius 2 is 1.87 bits per heavy atom. The van der Waals surface area contributed by atoms with E-state index in [1.54, 1.807) is 24.3 Å². The predicted octanol–water partition coefficient (Wildman–Crippen LogP) is 1.56. The second-order valence-electron chi connectivity index (χ2n) is 6.89. The summed E-state index contributed by atoms with van der Waals surface area (Å²) in [6, 6.07) is 7.74. The molecule has 0 aliphatic carbocycles. The summed E-state index contributed by atoms with van der Waals surface area (Å²) in [5.41, 5.74) is -0.427. The minimum Gasteiger partial charge on any atom is -0.465 e. The first-order valence-electron chi connectivity index (χ1n) is 9.24. The molecule has 11 heteroatoms. The number of aromatic nitrogens is 2. The van der Waals surface area contributed by atoms with Crippen LogP contribution < -0.4 is 11.2 Å². The van der Waals surface area contributed by atoms with Crippen LogP contribution in [0.4, 0.5) is 0 Å². The van der Waals surface area contributed by atoms with Crippen molar-refractivity contribution < 1.29 is 17.9 Å². The number of rotatable bonds is 4. The van der Waals surface area contributed by atoms with Crippen molar-refractivity contribution in [1.29, 1.82) is 0 Å². The van der Waals surface area contributed by atoms with Crippen molar-refractivity contribution in [2.75, 3.05) is 20.2 Å². The standard InChI is InChI=1S/C19H19N3O6S2/c1-28-18(24)16-15(8-11-29-16)30(26,27)21-9-6-12(7-10-21)22-17(23)13-4-2-3-5-14(13)20-19(22)25/h2-5,8,11-12H,6-7,9-10H2,1H3,(H,20,25). The Hall–Kier alpha value is -2.76. The molecule has 2 aromatic heterocycles. The third-order valence-corrected chi connectivity index (χ3v) is 8.21. The van der Waals surface area contributed by atoms with Gasteiger partial charge in [-0.2, -0.15) is 4.31 Å². The monoisotopic (exact) mass is 449 g/mol. The van der Waals surface area contributed by atoms with E-state index in [-0.39, 0.29) is 28.4 Å². The van der Waals surface area contributed by atoms with Gasteiger partial charge in [-0.15, -0.1) is 11.3 Å². The second kappa shape index (κ2) is 7.82. The minimum absolute atomic E-state index is 0.0295. The second-order valence-corrected chi connectivity index (χ2v) is 9.71. The van der Waals surface area contributed by atoms with Gasteiger partial charge in [-0.25, -0.2) is 18.0 Å². The van der Waals surface area contributed by atoms with Gasteiger partial charge < -0.3 is 9.72 Å². The third-order valence-electron chi connectivity index (χ3n) is 5.24. The maximum atomic E-state index is 13.0. The Bertz CT molecular complexity index is 1330. The van der Waals surface area contributed by atoms with Gasteiger partial charge >= 0.3 is 11.7 Å². The fourth-order valence-corrected chi connectivity index (χ4v) is 6.51. The van der Waals surface area contributed by atoms with Crippen LogP contribution >= 0.6 is 11.3 Å². The van der Waals surface area contributed by atoms with Crippen LogP contribution in [0.5, 0.6) is 0 Å². The zero-order valence-corrected chi connectivity index (χ0v) is 17.7. The van der Waals surface area contributed by atoms with E-state index in [1.807, 2.05) is 0 Å². The number of benzene rings is 1. The van der Waals surface area contributed by atoms with Gasteiger partial charge in [0.05, 0.1) is 18.0 Å². The Morgan fingerprint density at radius 3 is 2.57 bits per heavy atom. The Kier molecular flexibility index (Phi) is 5.35. The summed E-state index contributed by atoms with van der Waals surface area (Å²) >= 11 is 1.00. The van der Waals surface area contributed by atoms with Gasteiger partial charge in [-0.1, -0.05) is 12.1 Å². The average molecular weight is 450 g/mol. The van der Waals surface area contributed by atoms with Crippen LogP contribution in [0.15, 0.2) is 50.2 Å². The molecule has 1 fully saturated rings. The number of nitrogens with one attached hydrogen (secondary N) is 1. The number of aromatic amines is 1. The SMILES string of the molecule is COC(=O)c1sccc1S(=O)(=O)N1CCC(n2c(=O)[nH]c3ccccc3c2=O)CC1. The normalized spacial score (nSPS) is 16.0. The lowest BCUT2D eigenvalue weighted by molar-refractivity contribution is 0.0602. The van der Waals surface area contributed by atoms with E-state index in [0.29, 0.717) is 23.7 Å². The number of thiophene rings is 1. The molecular formula is C19H19N3O6S2. The molecule has 0 unspecified atom stereocenters. The molecule has 1 saturated heterocycles. The molecule has 30 heavy (non-hydrogen) atoms. The van der Waals surface area contributed by atoms with Gasteiger partial charge in [0.25, 0.3) is 5.56 Å². The third kappa shape index (κ3) is 3.38. The molecular weight excluding hydrogens is 430 g/mol. The largest absolute Gasteiger partial charge is 0.465 e. The lowest BCUT2D eigenvalue weighted by atomic mass is 10.1. The van der Waals surface area contributed by atoms with E-state index in [4.69, 9.17) is 0 Å². The smallest absolute Gasteiger partial charge is 0.349 e. The van der Waals surface area contributed by atoms with E-state index in [2.05, 4.69) is 9.72 Å². The van der Waals surface area contributed by atoms with Gasteiger partial charge in [-0.05, 0) is 36.4 Å². The van der Waals surface area contributed by atoms with Gasteiger partial charge in [-0.3, -0.25) is 9.36 Å². The number of hydrogen-bond acceptors (Lipinski definition) is 7. The van der Waals surface area contributed by atoms with Crippen molar-refractivity contribution in [2.24, 2.45) is 0 Å². The minimum atomic E-state index is -3.90.